The zero-order chi connectivity index (χ0) is 18.5. The maximum Gasteiger partial charge on any atom is 0.230 e. The van der Waals surface area contributed by atoms with E-state index in [4.69, 9.17) is 0 Å². The lowest BCUT2D eigenvalue weighted by molar-refractivity contribution is -0.119. The summed E-state index contributed by atoms with van der Waals surface area (Å²) in [5, 5.41) is 4.08. The van der Waals surface area contributed by atoms with E-state index in [9.17, 15) is 4.79 Å². The Kier molecular flexibility index (Phi) is 5.58. The third kappa shape index (κ3) is 4.42. The van der Waals surface area contributed by atoms with Crippen molar-refractivity contribution >= 4 is 17.7 Å². The lowest BCUT2D eigenvalue weighted by Gasteiger charge is -2.26. The quantitative estimate of drug-likeness (QED) is 0.655. The van der Waals surface area contributed by atoms with E-state index in [0.29, 0.717) is 5.75 Å². The van der Waals surface area contributed by atoms with Crippen LogP contribution in [0.5, 0.6) is 0 Å². The second kappa shape index (κ2) is 8.44. The van der Waals surface area contributed by atoms with Crippen LogP contribution in [0.25, 0.3) is 0 Å². The highest BCUT2D eigenvalue weighted by Gasteiger charge is 2.21. The molecule has 0 fully saturated rings. The summed E-state index contributed by atoms with van der Waals surface area (Å²) in [6.45, 7) is 0.765. The molecule has 4 nitrogen and oxygen atoms in total. The second-order valence-corrected chi connectivity index (χ2v) is 7.77. The molecule has 1 atom stereocenters. The monoisotopic (exact) mass is 377 g/mol. The average molecular weight is 378 g/mol. The van der Waals surface area contributed by atoms with E-state index in [1.54, 1.807) is 6.20 Å². The minimum atomic E-state index is 0.0657. The zero-order valence-electron chi connectivity index (χ0n) is 15.2. The Hall–Kier alpha value is -2.53. The summed E-state index contributed by atoms with van der Waals surface area (Å²) in [5.74, 6) is 0.445. The van der Waals surface area contributed by atoms with Crippen LogP contribution >= 0.6 is 11.8 Å². The van der Waals surface area contributed by atoms with Gasteiger partial charge in [-0.3, -0.25) is 4.79 Å². The topological polar surface area (TPSA) is 46.9 Å². The Morgan fingerprint density at radius 3 is 2.85 bits per heavy atom. The fourth-order valence-electron chi connectivity index (χ4n) is 3.61. The highest BCUT2D eigenvalue weighted by atomic mass is 32.2. The Morgan fingerprint density at radius 1 is 1.15 bits per heavy atom. The molecule has 0 spiro atoms. The number of amides is 1. The minimum absolute atomic E-state index is 0.0657. The number of imidazole rings is 1. The molecule has 2 aromatic carbocycles. The summed E-state index contributed by atoms with van der Waals surface area (Å²) in [5.41, 5.74) is 3.85. The maximum atomic E-state index is 12.5. The number of aromatic nitrogens is 2. The van der Waals surface area contributed by atoms with Gasteiger partial charge in [-0.05, 0) is 36.0 Å². The first-order valence-electron chi connectivity index (χ1n) is 9.34. The molecule has 0 saturated heterocycles. The van der Waals surface area contributed by atoms with Gasteiger partial charge in [-0.25, -0.2) is 4.98 Å². The van der Waals surface area contributed by atoms with Crippen LogP contribution < -0.4 is 5.32 Å². The number of benzene rings is 2. The van der Waals surface area contributed by atoms with Crippen molar-refractivity contribution < 1.29 is 4.79 Å². The highest BCUT2D eigenvalue weighted by molar-refractivity contribution is 7.99. The van der Waals surface area contributed by atoms with Crippen LogP contribution in [-0.2, 0) is 17.8 Å². The van der Waals surface area contributed by atoms with E-state index < -0.39 is 0 Å². The fraction of sp³-hybridized carbons (Fsp3) is 0.273. The van der Waals surface area contributed by atoms with Crippen LogP contribution in [0.3, 0.4) is 0 Å². The number of carbonyl (C=O) groups excluding carboxylic acids is 1. The van der Waals surface area contributed by atoms with Crippen molar-refractivity contribution in [3.8, 4) is 0 Å². The molecule has 0 unspecified atom stereocenters. The first-order valence-corrected chi connectivity index (χ1v) is 10.3. The molecular weight excluding hydrogens is 354 g/mol. The molecule has 1 heterocycles. The molecule has 1 N–H and O–H groups in total. The van der Waals surface area contributed by atoms with Crippen LogP contribution in [-0.4, -0.2) is 21.2 Å². The molecule has 1 amide bonds. The van der Waals surface area contributed by atoms with Gasteiger partial charge in [-0.2, -0.15) is 0 Å². The summed E-state index contributed by atoms with van der Waals surface area (Å²) in [4.78, 5) is 16.9. The van der Waals surface area contributed by atoms with Gasteiger partial charge >= 0.3 is 0 Å². The zero-order valence-corrected chi connectivity index (χ0v) is 16.0. The van der Waals surface area contributed by atoms with Gasteiger partial charge in [0.1, 0.15) is 0 Å². The van der Waals surface area contributed by atoms with Crippen molar-refractivity contribution in [3.63, 3.8) is 0 Å². The van der Waals surface area contributed by atoms with E-state index in [-0.39, 0.29) is 11.9 Å². The van der Waals surface area contributed by atoms with Gasteiger partial charge in [0.05, 0.1) is 11.8 Å². The Labute approximate surface area is 164 Å². The second-order valence-electron chi connectivity index (χ2n) is 6.82. The lowest BCUT2D eigenvalue weighted by atomic mass is 9.88. The van der Waals surface area contributed by atoms with Crippen molar-refractivity contribution in [3.05, 3.63) is 83.7 Å². The van der Waals surface area contributed by atoms with Crippen molar-refractivity contribution in [1.29, 1.82) is 0 Å². The van der Waals surface area contributed by atoms with Gasteiger partial charge in [0.25, 0.3) is 0 Å². The predicted octanol–water partition coefficient (Wildman–Crippen LogP) is 4.22. The summed E-state index contributed by atoms with van der Waals surface area (Å²) in [6, 6.07) is 18.9. The van der Waals surface area contributed by atoms with E-state index in [1.807, 2.05) is 24.4 Å². The summed E-state index contributed by atoms with van der Waals surface area (Å²) in [6.07, 6.45) is 6.99. The Balaban J connectivity index is 1.35. The average Bonchev–Trinajstić information content (AvgIpc) is 3.14. The largest absolute Gasteiger partial charge is 0.349 e. The van der Waals surface area contributed by atoms with Crippen LogP contribution in [0.15, 0.2) is 72.1 Å². The molecule has 1 aromatic heterocycles. The van der Waals surface area contributed by atoms with Crippen molar-refractivity contribution in [2.75, 3.05) is 5.75 Å². The number of hydrogen-bond donors (Lipinski definition) is 1. The Morgan fingerprint density at radius 2 is 1.96 bits per heavy atom. The number of nitrogens with one attached hydrogen (secondary N) is 1. The molecule has 4 rings (SSSR count). The molecule has 0 aliphatic heterocycles. The van der Waals surface area contributed by atoms with Crippen LogP contribution in [0, 0.1) is 0 Å². The highest BCUT2D eigenvalue weighted by Crippen LogP contribution is 2.29. The molecule has 1 aliphatic rings. The van der Waals surface area contributed by atoms with Gasteiger partial charge in [0, 0.05) is 18.9 Å². The molecule has 1 aliphatic carbocycles. The first-order chi connectivity index (χ1) is 13.3. The number of fused-ring (bicyclic) bond motifs is 1. The van der Waals surface area contributed by atoms with Gasteiger partial charge < -0.3 is 9.88 Å². The number of nitrogens with zero attached hydrogens (tertiary/aromatic N) is 2. The smallest absolute Gasteiger partial charge is 0.230 e. The number of rotatable bonds is 6. The SMILES string of the molecule is O=C(CSc1nccn1Cc1ccccc1)N[C@H]1CCCc2ccccc21. The third-order valence-electron chi connectivity index (χ3n) is 4.91. The van der Waals surface area contributed by atoms with Crippen molar-refractivity contribution in [2.45, 2.75) is 37.0 Å². The van der Waals surface area contributed by atoms with Crippen LogP contribution in [0.1, 0.15) is 35.6 Å². The minimum Gasteiger partial charge on any atom is -0.349 e. The molecule has 0 bridgehead atoms. The summed E-state index contributed by atoms with van der Waals surface area (Å²) < 4.78 is 2.09. The van der Waals surface area contributed by atoms with E-state index in [1.165, 1.54) is 28.5 Å². The standard InChI is InChI=1S/C22H23N3OS/c26-21(24-20-12-6-10-18-9-4-5-11-19(18)20)16-27-22-23-13-14-25(22)15-17-7-2-1-3-8-17/h1-5,7-9,11,13-14,20H,6,10,12,15-16H2,(H,24,26)/t20-/m0/s1. The molecule has 5 heteroatoms. The molecule has 3 aromatic rings. The maximum absolute atomic E-state index is 12.5. The van der Waals surface area contributed by atoms with Gasteiger partial charge in [-0.15, -0.1) is 0 Å². The first kappa shape index (κ1) is 17.9. The Bertz CT molecular complexity index is 907. The van der Waals surface area contributed by atoms with Crippen molar-refractivity contribution in [1.82, 2.24) is 14.9 Å². The van der Waals surface area contributed by atoms with E-state index in [2.05, 4.69) is 51.3 Å². The summed E-state index contributed by atoms with van der Waals surface area (Å²) >= 11 is 1.49. The molecule has 27 heavy (non-hydrogen) atoms. The third-order valence-corrected chi connectivity index (χ3v) is 5.91. The fourth-order valence-corrected chi connectivity index (χ4v) is 4.38. The van der Waals surface area contributed by atoms with E-state index in [0.717, 1.165) is 31.0 Å². The number of thioether (sulfide) groups is 1. The van der Waals surface area contributed by atoms with Crippen LogP contribution in [0.4, 0.5) is 0 Å². The molecule has 0 radical (unpaired) electrons. The molecule has 138 valence electrons. The number of aryl methyl sites for hydroxylation is 1. The predicted molar refractivity (Wildman–Crippen MR) is 109 cm³/mol. The number of carbonyl (C=O) groups is 1. The summed E-state index contributed by atoms with van der Waals surface area (Å²) in [7, 11) is 0. The van der Waals surface area contributed by atoms with Gasteiger partial charge in [0.15, 0.2) is 5.16 Å². The normalized spacial score (nSPS) is 15.9. The van der Waals surface area contributed by atoms with E-state index >= 15 is 0 Å². The van der Waals surface area contributed by atoms with Gasteiger partial charge in [-0.1, -0.05) is 66.4 Å². The molecular formula is C22H23N3OS. The molecule has 0 saturated carbocycles. The van der Waals surface area contributed by atoms with Crippen LogP contribution in [0.2, 0.25) is 0 Å². The van der Waals surface area contributed by atoms with Crippen molar-refractivity contribution in [2.24, 2.45) is 0 Å². The lowest BCUT2D eigenvalue weighted by Crippen LogP contribution is -2.32. The van der Waals surface area contributed by atoms with Gasteiger partial charge in [0.2, 0.25) is 5.91 Å². The number of hydrogen-bond acceptors (Lipinski definition) is 3.